The van der Waals surface area contributed by atoms with Crippen molar-refractivity contribution in [3.8, 4) is 11.5 Å². The summed E-state index contributed by atoms with van der Waals surface area (Å²) in [5.74, 6) is 0.247. The van der Waals surface area contributed by atoms with Crippen molar-refractivity contribution in [2.45, 2.75) is 26.5 Å². The molecule has 1 amide bonds. The highest BCUT2D eigenvalue weighted by molar-refractivity contribution is 7.10. The van der Waals surface area contributed by atoms with Crippen LogP contribution < -0.4 is 20.5 Å². The number of nitrogens with zero attached hydrogens (tertiary/aromatic N) is 1. The summed E-state index contributed by atoms with van der Waals surface area (Å²) in [4.78, 5) is 24.3. The molecular weight excluding hydrogens is 346 g/mol. The third-order valence-corrected chi connectivity index (χ3v) is 4.42. The van der Waals surface area contributed by atoms with E-state index in [4.69, 9.17) is 19.9 Å². The smallest absolute Gasteiger partial charge is 0.343 e. The van der Waals surface area contributed by atoms with Crippen LogP contribution in [0.25, 0.3) is 0 Å². The van der Waals surface area contributed by atoms with Gasteiger partial charge in [-0.25, -0.2) is 4.79 Å². The van der Waals surface area contributed by atoms with Crippen molar-refractivity contribution >= 4 is 28.4 Å². The van der Waals surface area contributed by atoms with Crippen molar-refractivity contribution in [2.75, 3.05) is 12.5 Å². The molecule has 0 fully saturated rings. The van der Waals surface area contributed by atoms with Gasteiger partial charge in [0.15, 0.2) is 17.6 Å². The van der Waals surface area contributed by atoms with E-state index >= 15 is 0 Å². The molecule has 8 nitrogen and oxygen atoms in total. The number of esters is 1. The number of anilines is 1. The second-order valence-corrected chi connectivity index (χ2v) is 6.27. The van der Waals surface area contributed by atoms with Crippen LogP contribution in [0.4, 0.5) is 5.00 Å². The van der Waals surface area contributed by atoms with Gasteiger partial charge in [-0.15, -0.1) is 0 Å². The maximum atomic E-state index is 12.1. The average molecular weight is 363 g/mol. The van der Waals surface area contributed by atoms with Gasteiger partial charge in [-0.05, 0) is 43.1 Å². The number of aromatic nitrogens is 1. The number of amides is 1. The molecular formula is C16H17N3O5S. The highest BCUT2D eigenvalue weighted by Gasteiger charge is 2.23. The van der Waals surface area contributed by atoms with Crippen LogP contribution in [0.1, 0.15) is 28.5 Å². The van der Waals surface area contributed by atoms with Crippen molar-refractivity contribution in [1.29, 1.82) is 0 Å². The summed E-state index contributed by atoms with van der Waals surface area (Å²) < 4.78 is 19.7. The molecule has 0 saturated carbocycles. The number of nitrogen functional groups attached to an aromatic ring is 1. The lowest BCUT2D eigenvalue weighted by molar-refractivity contribution is -0.129. The standard InChI is InChI=1S/C16H17N3O5S/c1-8-13(14(17)25-19-8)16(21)24-9(2)15(20)18-6-10-3-4-11-12(5-10)23-7-22-11/h3-5,9H,6-7,17H2,1-2H3,(H,18,20)/t9-/m0/s1. The molecule has 0 saturated heterocycles. The topological polar surface area (TPSA) is 113 Å². The van der Waals surface area contributed by atoms with Crippen molar-refractivity contribution < 1.29 is 23.8 Å². The van der Waals surface area contributed by atoms with Gasteiger partial charge in [0.2, 0.25) is 6.79 Å². The Balaban J connectivity index is 1.55. The number of nitrogens with one attached hydrogen (secondary N) is 1. The third-order valence-electron chi connectivity index (χ3n) is 3.65. The van der Waals surface area contributed by atoms with Gasteiger partial charge >= 0.3 is 5.97 Å². The van der Waals surface area contributed by atoms with Gasteiger partial charge in [-0.3, -0.25) is 4.79 Å². The maximum Gasteiger partial charge on any atom is 0.343 e. The zero-order chi connectivity index (χ0) is 18.0. The second kappa shape index (κ2) is 6.98. The van der Waals surface area contributed by atoms with Crippen LogP contribution in [0.15, 0.2) is 18.2 Å². The summed E-state index contributed by atoms with van der Waals surface area (Å²) in [6.45, 7) is 3.63. The van der Waals surface area contributed by atoms with E-state index in [-0.39, 0.29) is 23.9 Å². The van der Waals surface area contributed by atoms with Crippen molar-refractivity contribution in [1.82, 2.24) is 9.69 Å². The number of fused-ring (bicyclic) bond motifs is 1. The monoisotopic (exact) mass is 363 g/mol. The molecule has 1 aromatic carbocycles. The van der Waals surface area contributed by atoms with Gasteiger partial charge in [0.25, 0.3) is 5.91 Å². The SMILES string of the molecule is Cc1nsc(N)c1C(=O)O[C@@H](C)C(=O)NCc1ccc2c(c1)OCO2. The molecule has 0 unspecified atom stereocenters. The largest absolute Gasteiger partial charge is 0.454 e. The Morgan fingerprint density at radius 1 is 1.40 bits per heavy atom. The Bertz CT molecular complexity index is 801. The van der Waals surface area contributed by atoms with Gasteiger partial charge in [0.05, 0.1) is 5.69 Å². The molecule has 132 valence electrons. The molecule has 2 heterocycles. The van der Waals surface area contributed by atoms with Crippen molar-refractivity contribution in [3.05, 3.63) is 35.0 Å². The predicted molar refractivity (Wildman–Crippen MR) is 90.6 cm³/mol. The number of hydrogen-bond donors (Lipinski definition) is 2. The maximum absolute atomic E-state index is 12.1. The summed E-state index contributed by atoms with van der Waals surface area (Å²) in [6.07, 6.45) is -0.958. The predicted octanol–water partition coefficient (Wildman–Crippen LogP) is 1.62. The molecule has 2 aromatic rings. The molecule has 3 N–H and O–H groups in total. The van der Waals surface area contributed by atoms with Gasteiger partial charge in [0, 0.05) is 6.54 Å². The minimum absolute atomic E-state index is 0.193. The van der Waals surface area contributed by atoms with Crippen molar-refractivity contribution in [2.24, 2.45) is 0 Å². The Kier molecular flexibility index (Phi) is 4.75. The Labute approximate surface area is 148 Å². The van der Waals surface area contributed by atoms with E-state index in [1.807, 2.05) is 6.07 Å². The van der Waals surface area contributed by atoms with Crippen molar-refractivity contribution in [3.63, 3.8) is 0 Å². The van der Waals surface area contributed by atoms with Crippen LogP contribution in [-0.2, 0) is 16.1 Å². The molecule has 3 rings (SSSR count). The summed E-state index contributed by atoms with van der Waals surface area (Å²) in [5, 5.41) is 2.99. The van der Waals surface area contributed by atoms with E-state index in [2.05, 4.69) is 9.69 Å². The summed E-state index contributed by atoms with van der Waals surface area (Å²) in [5.41, 5.74) is 7.25. The molecule has 1 atom stereocenters. The number of aryl methyl sites for hydroxylation is 1. The van der Waals surface area contributed by atoms with E-state index < -0.39 is 18.0 Å². The average Bonchev–Trinajstić information content (AvgIpc) is 3.18. The Morgan fingerprint density at radius 2 is 2.16 bits per heavy atom. The number of nitrogens with two attached hydrogens (primary N) is 1. The fourth-order valence-corrected chi connectivity index (χ4v) is 2.94. The first-order chi connectivity index (χ1) is 12.0. The molecule has 0 bridgehead atoms. The van der Waals surface area contributed by atoms with Crippen LogP contribution in [0, 0.1) is 6.92 Å². The zero-order valence-corrected chi connectivity index (χ0v) is 14.5. The van der Waals surface area contributed by atoms with E-state index in [1.165, 1.54) is 6.92 Å². The molecule has 1 aromatic heterocycles. The minimum atomic E-state index is -0.958. The van der Waals surface area contributed by atoms with Crippen LogP contribution in [0.5, 0.6) is 11.5 Å². The Hall–Kier alpha value is -2.81. The van der Waals surface area contributed by atoms with Crippen LogP contribution in [-0.4, -0.2) is 29.1 Å². The van der Waals surface area contributed by atoms with E-state index in [0.29, 0.717) is 17.2 Å². The highest BCUT2D eigenvalue weighted by Crippen LogP contribution is 2.32. The first kappa shape index (κ1) is 17.0. The van der Waals surface area contributed by atoms with E-state index in [9.17, 15) is 9.59 Å². The Morgan fingerprint density at radius 3 is 2.88 bits per heavy atom. The number of carbonyl (C=O) groups excluding carboxylic acids is 2. The van der Waals surface area contributed by atoms with Gasteiger partial charge < -0.3 is 25.3 Å². The third kappa shape index (κ3) is 3.66. The quantitative estimate of drug-likeness (QED) is 0.776. The summed E-state index contributed by atoms with van der Waals surface area (Å²) in [7, 11) is 0. The molecule has 1 aliphatic rings. The summed E-state index contributed by atoms with van der Waals surface area (Å²) in [6, 6.07) is 5.40. The molecule has 0 radical (unpaired) electrons. The lowest BCUT2D eigenvalue weighted by Crippen LogP contribution is -2.35. The molecule has 0 aliphatic carbocycles. The van der Waals surface area contributed by atoms with Gasteiger partial charge in [0.1, 0.15) is 10.6 Å². The molecule has 9 heteroatoms. The van der Waals surface area contributed by atoms with Crippen LogP contribution in [0.3, 0.4) is 0 Å². The minimum Gasteiger partial charge on any atom is -0.454 e. The van der Waals surface area contributed by atoms with Crippen LogP contribution in [0.2, 0.25) is 0 Å². The number of hydrogen-bond acceptors (Lipinski definition) is 8. The highest BCUT2D eigenvalue weighted by atomic mass is 32.1. The zero-order valence-electron chi connectivity index (χ0n) is 13.7. The lowest BCUT2D eigenvalue weighted by atomic mass is 10.2. The first-order valence-corrected chi connectivity index (χ1v) is 8.32. The number of carbonyl (C=O) groups is 2. The molecule has 1 aliphatic heterocycles. The normalized spacial score (nSPS) is 13.4. The second-order valence-electron chi connectivity index (χ2n) is 5.46. The number of rotatable bonds is 5. The molecule has 25 heavy (non-hydrogen) atoms. The van der Waals surface area contributed by atoms with Crippen LogP contribution >= 0.6 is 11.5 Å². The lowest BCUT2D eigenvalue weighted by Gasteiger charge is -2.13. The molecule has 0 spiro atoms. The van der Waals surface area contributed by atoms with E-state index in [1.54, 1.807) is 19.1 Å². The fourth-order valence-electron chi connectivity index (χ4n) is 2.29. The van der Waals surface area contributed by atoms with Gasteiger partial charge in [-0.2, -0.15) is 4.37 Å². The van der Waals surface area contributed by atoms with E-state index in [0.717, 1.165) is 17.1 Å². The number of benzene rings is 1. The first-order valence-electron chi connectivity index (χ1n) is 7.54. The summed E-state index contributed by atoms with van der Waals surface area (Å²) >= 11 is 1.02. The fraction of sp³-hybridized carbons (Fsp3) is 0.312. The number of ether oxygens (including phenoxy) is 3. The van der Waals surface area contributed by atoms with Gasteiger partial charge in [-0.1, -0.05) is 6.07 Å².